The highest BCUT2D eigenvalue weighted by Gasteiger charge is 2.38. The second-order valence-electron chi connectivity index (χ2n) is 9.25. The highest BCUT2D eigenvalue weighted by atomic mass is 19.4. The molecule has 0 unspecified atom stereocenters. The van der Waals surface area contributed by atoms with Gasteiger partial charge in [0.2, 0.25) is 5.91 Å². The van der Waals surface area contributed by atoms with E-state index in [1.807, 2.05) is 24.1 Å². The van der Waals surface area contributed by atoms with Crippen LogP contribution in [0.15, 0.2) is 36.4 Å². The van der Waals surface area contributed by atoms with Gasteiger partial charge in [0.1, 0.15) is 18.2 Å². The van der Waals surface area contributed by atoms with Gasteiger partial charge in [-0.3, -0.25) is 9.69 Å². The van der Waals surface area contributed by atoms with Crippen molar-refractivity contribution in [1.29, 1.82) is 0 Å². The van der Waals surface area contributed by atoms with Crippen LogP contribution in [0, 0.1) is 0 Å². The Kier molecular flexibility index (Phi) is 6.69. The predicted octanol–water partition coefficient (Wildman–Crippen LogP) is 2.68. The van der Waals surface area contributed by atoms with E-state index in [4.69, 9.17) is 4.74 Å². The summed E-state index contributed by atoms with van der Waals surface area (Å²) in [5, 5.41) is 11.0. The molecule has 192 valence electrons. The highest BCUT2D eigenvalue weighted by Crippen LogP contribution is 2.32. The van der Waals surface area contributed by atoms with Crippen molar-refractivity contribution < 1.29 is 22.7 Å². The largest absolute Gasteiger partial charge is 0.492 e. The van der Waals surface area contributed by atoms with E-state index in [0.717, 1.165) is 36.2 Å². The Hall–Kier alpha value is -3.41. The lowest BCUT2D eigenvalue weighted by Crippen LogP contribution is -2.49. The number of amides is 1. The van der Waals surface area contributed by atoms with E-state index in [1.54, 1.807) is 11.0 Å². The fraction of sp³-hybridized carbons (Fsp3) is 0.500. The van der Waals surface area contributed by atoms with Crippen molar-refractivity contribution in [2.45, 2.75) is 24.9 Å². The quantitative estimate of drug-likeness (QED) is 0.512. The van der Waals surface area contributed by atoms with Gasteiger partial charge in [-0.2, -0.15) is 17.7 Å². The Labute approximate surface area is 206 Å². The Morgan fingerprint density at radius 2 is 1.75 bits per heavy atom. The molecule has 12 heteroatoms. The van der Waals surface area contributed by atoms with Crippen LogP contribution in [0.25, 0.3) is 5.65 Å². The van der Waals surface area contributed by atoms with Crippen LogP contribution in [-0.2, 0) is 11.0 Å². The first-order valence-electron chi connectivity index (χ1n) is 12.0. The molecule has 0 aliphatic carbocycles. The van der Waals surface area contributed by atoms with Crippen molar-refractivity contribution in [3.8, 4) is 5.75 Å². The monoisotopic (exact) mass is 503 g/mol. The zero-order valence-corrected chi connectivity index (χ0v) is 20.0. The van der Waals surface area contributed by atoms with Gasteiger partial charge in [-0.25, -0.2) is 0 Å². The minimum absolute atomic E-state index is 0.0697. The zero-order valence-electron chi connectivity index (χ0n) is 20.0. The molecule has 2 saturated heterocycles. The number of carbonyl (C=O) groups is 1. The topological polar surface area (TPSA) is 79.1 Å². The Bertz CT molecular complexity index is 1210. The maximum Gasteiger partial charge on any atom is 0.453 e. The van der Waals surface area contributed by atoms with Gasteiger partial charge in [0.25, 0.3) is 5.82 Å². The number of hydrogen-bond donors (Lipinski definition) is 0. The standard InChI is InChI=1S/C24H28F3N7O2/c1-31-12-13-32(16-22(31)35)14-15-36-19-4-2-17(3-5-19)18-8-10-33(11-9-18)21-7-6-20-28-29-23(24(25,26)27)34(20)30-21/h2-7,18H,8-16H2,1H3. The van der Waals surface area contributed by atoms with Crippen LogP contribution in [0.5, 0.6) is 5.75 Å². The number of piperazine rings is 1. The van der Waals surface area contributed by atoms with Crippen LogP contribution in [0.4, 0.5) is 19.0 Å². The third-order valence-electron chi connectivity index (χ3n) is 6.89. The van der Waals surface area contributed by atoms with Crippen molar-refractivity contribution in [1.82, 2.24) is 29.6 Å². The maximum atomic E-state index is 13.2. The number of piperidine rings is 1. The molecule has 2 aromatic heterocycles. The van der Waals surface area contributed by atoms with Crippen molar-refractivity contribution in [3.63, 3.8) is 0 Å². The number of fused-ring (bicyclic) bond motifs is 1. The summed E-state index contributed by atoms with van der Waals surface area (Å²) in [7, 11) is 1.82. The van der Waals surface area contributed by atoms with E-state index in [9.17, 15) is 18.0 Å². The van der Waals surface area contributed by atoms with E-state index in [2.05, 4.69) is 32.3 Å². The molecule has 0 radical (unpaired) electrons. The van der Waals surface area contributed by atoms with E-state index >= 15 is 0 Å². The Morgan fingerprint density at radius 1 is 1.00 bits per heavy atom. The van der Waals surface area contributed by atoms with Crippen LogP contribution in [0.3, 0.4) is 0 Å². The van der Waals surface area contributed by atoms with Gasteiger partial charge < -0.3 is 14.5 Å². The molecule has 3 aromatic rings. The van der Waals surface area contributed by atoms with Gasteiger partial charge in [0.05, 0.1) is 6.54 Å². The molecule has 2 fully saturated rings. The zero-order chi connectivity index (χ0) is 25.3. The molecule has 4 heterocycles. The third-order valence-corrected chi connectivity index (χ3v) is 6.89. The number of alkyl halides is 3. The molecular formula is C24H28F3N7O2. The highest BCUT2D eigenvalue weighted by molar-refractivity contribution is 5.78. The number of likely N-dealkylation sites (N-methyl/N-ethyl adjacent to an activating group) is 1. The number of anilines is 1. The lowest BCUT2D eigenvalue weighted by molar-refractivity contribution is -0.146. The summed E-state index contributed by atoms with van der Waals surface area (Å²) in [4.78, 5) is 17.7. The predicted molar refractivity (Wildman–Crippen MR) is 126 cm³/mol. The van der Waals surface area contributed by atoms with Gasteiger partial charge in [0, 0.05) is 39.8 Å². The average Bonchev–Trinajstić information content (AvgIpc) is 3.31. The van der Waals surface area contributed by atoms with Crippen LogP contribution >= 0.6 is 0 Å². The summed E-state index contributed by atoms with van der Waals surface area (Å²) in [6.07, 6.45) is -2.88. The van der Waals surface area contributed by atoms with Crippen LogP contribution in [0.2, 0.25) is 0 Å². The summed E-state index contributed by atoms with van der Waals surface area (Å²) >= 11 is 0. The molecule has 1 aromatic carbocycles. The molecule has 2 aliphatic heterocycles. The first kappa shape index (κ1) is 24.3. The molecule has 1 amide bonds. The van der Waals surface area contributed by atoms with Gasteiger partial charge in [-0.15, -0.1) is 15.3 Å². The minimum Gasteiger partial charge on any atom is -0.492 e. The lowest BCUT2D eigenvalue weighted by atomic mass is 9.89. The lowest BCUT2D eigenvalue weighted by Gasteiger charge is -2.33. The molecule has 2 aliphatic rings. The van der Waals surface area contributed by atoms with Crippen molar-refractivity contribution in [2.24, 2.45) is 0 Å². The van der Waals surface area contributed by atoms with Gasteiger partial charge in [0.15, 0.2) is 5.65 Å². The Morgan fingerprint density at radius 3 is 2.44 bits per heavy atom. The minimum atomic E-state index is -4.61. The number of nitrogens with zero attached hydrogens (tertiary/aromatic N) is 7. The van der Waals surface area contributed by atoms with Gasteiger partial charge in [-0.05, 0) is 48.6 Å². The van der Waals surface area contributed by atoms with E-state index < -0.39 is 12.0 Å². The fourth-order valence-electron chi connectivity index (χ4n) is 4.69. The summed E-state index contributed by atoms with van der Waals surface area (Å²) in [5.41, 5.74) is 1.29. The fourth-order valence-corrected chi connectivity index (χ4v) is 4.69. The normalized spacial score (nSPS) is 18.3. The number of aromatic nitrogens is 4. The van der Waals surface area contributed by atoms with Crippen LogP contribution in [0.1, 0.15) is 30.1 Å². The number of hydrogen-bond acceptors (Lipinski definition) is 7. The smallest absolute Gasteiger partial charge is 0.453 e. The molecule has 0 bridgehead atoms. The van der Waals surface area contributed by atoms with E-state index in [1.165, 1.54) is 11.6 Å². The summed E-state index contributed by atoms with van der Waals surface area (Å²) < 4.78 is 46.2. The van der Waals surface area contributed by atoms with Gasteiger partial charge >= 0.3 is 6.18 Å². The van der Waals surface area contributed by atoms with E-state index in [-0.39, 0.29) is 11.6 Å². The van der Waals surface area contributed by atoms with Crippen LogP contribution < -0.4 is 9.64 Å². The van der Waals surface area contributed by atoms with Crippen molar-refractivity contribution >= 4 is 17.4 Å². The van der Waals surface area contributed by atoms with Crippen LogP contribution in [-0.4, -0.2) is 88.4 Å². The molecule has 9 nitrogen and oxygen atoms in total. The molecule has 0 atom stereocenters. The number of carbonyl (C=O) groups excluding carboxylic acids is 1. The average molecular weight is 504 g/mol. The Balaban J connectivity index is 1.13. The second-order valence-corrected chi connectivity index (χ2v) is 9.25. The third kappa shape index (κ3) is 5.23. The molecule has 0 saturated carbocycles. The molecular weight excluding hydrogens is 475 g/mol. The number of benzene rings is 1. The maximum absolute atomic E-state index is 13.2. The molecule has 36 heavy (non-hydrogen) atoms. The number of halogens is 3. The first-order valence-corrected chi connectivity index (χ1v) is 12.0. The SMILES string of the molecule is CN1CCN(CCOc2ccc(C3CCN(c4ccc5nnc(C(F)(F)F)n5n4)CC3)cc2)CC1=O. The van der Waals surface area contributed by atoms with Crippen molar-refractivity contribution in [2.75, 3.05) is 57.8 Å². The summed E-state index contributed by atoms with van der Waals surface area (Å²) in [6, 6.07) is 11.3. The molecule has 0 N–H and O–H groups in total. The molecule has 5 rings (SSSR count). The molecule has 0 spiro atoms. The number of rotatable bonds is 6. The first-order chi connectivity index (χ1) is 17.3. The van der Waals surface area contributed by atoms with E-state index in [0.29, 0.717) is 44.5 Å². The van der Waals surface area contributed by atoms with Crippen molar-refractivity contribution in [3.05, 3.63) is 47.8 Å². The number of ether oxygens (including phenoxy) is 1. The summed E-state index contributed by atoms with van der Waals surface area (Å²) in [6.45, 7) is 4.64. The second kappa shape index (κ2) is 9.92. The summed E-state index contributed by atoms with van der Waals surface area (Å²) in [5.74, 6) is 0.656. The van der Waals surface area contributed by atoms with Gasteiger partial charge in [-0.1, -0.05) is 12.1 Å².